The molecule has 0 radical (unpaired) electrons. The van der Waals surface area contributed by atoms with Crippen molar-refractivity contribution in [1.29, 1.82) is 0 Å². The van der Waals surface area contributed by atoms with Crippen molar-refractivity contribution >= 4 is 34.8 Å². The average molecular weight is 379 g/mol. The summed E-state index contributed by atoms with van der Waals surface area (Å²) < 4.78 is 0. The Hall–Kier alpha value is -3.15. The maximum atomic E-state index is 12.3. The van der Waals surface area contributed by atoms with Crippen molar-refractivity contribution in [2.24, 2.45) is 0 Å². The van der Waals surface area contributed by atoms with Gasteiger partial charge in [0.15, 0.2) is 0 Å². The minimum Gasteiger partial charge on any atom is -0.318 e. The van der Waals surface area contributed by atoms with Gasteiger partial charge in [-0.25, -0.2) is 0 Å². The quantitative estimate of drug-likeness (QED) is 0.796. The van der Waals surface area contributed by atoms with Crippen molar-refractivity contribution in [1.82, 2.24) is 0 Å². The molecule has 6 nitrogen and oxygen atoms in total. The average Bonchev–Trinajstić information content (AvgIpc) is 2.70. The maximum absolute atomic E-state index is 12.3. The molecule has 2 aromatic carbocycles. The van der Waals surface area contributed by atoms with Crippen molar-refractivity contribution < 1.29 is 14.4 Å². The summed E-state index contributed by atoms with van der Waals surface area (Å²) in [6.07, 6.45) is 3.31. The predicted octanol–water partition coefficient (Wildman–Crippen LogP) is 3.65. The molecule has 0 aliphatic carbocycles. The van der Waals surface area contributed by atoms with Gasteiger partial charge in [-0.1, -0.05) is 25.1 Å². The standard InChI is InChI=1S/C22H25N3O3/c1-3-16-8-11-17(12-9-16)23-21(27)22(28)24-18-10-7-15(2)19(14-18)25-13-5-4-6-20(25)26/h7-12,14H,3-6,13H2,1-2H3,(H,23,27)(H,24,28). The molecular formula is C22H25N3O3. The van der Waals surface area contributed by atoms with Crippen molar-refractivity contribution in [3.05, 3.63) is 53.6 Å². The van der Waals surface area contributed by atoms with E-state index >= 15 is 0 Å². The van der Waals surface area contributed by atoms with Crippen LogP contribution in [0.15, 0.2) is 42.5 Å². The fraction of sp³-hybridized carbons (Fsp3) is 0.318. The minimum atomic E-state index is -0.751. The van der Waals surface area contributed by atoms with E-state index < -0.39 is 11.8 Å². The van der Waals surface area contributed by atoms with Crippen molar-refractivity contribution in [3.8, 4) is 0 Å². The van der Waals surface area contributed by atoms with Crippen LogP contribution in [0.2, 0.25) is 0 Å². The van der Waals surface area contributed by atoms with Gasteiger partial charge in [-0.2, -0.15) is 0 Å². The minimum absolute atomic E-state index is 0.0890. The Labute approximate surface area is 164 Å². The third kappa shape index (κ3) is 4.57. The topological polar surface area (TPSA) is 78.5 Å². The van der Waals surface area contributed by atoms with Crippen LogP contribution in [0.3, 0.4) is 0 Å². The number of rotatable bonds is 4. The van der Waals surface area contributed by atoms with Crippen LogP contribution < -0.4 is 15.5 Å². The number of carbonyl (C=O) groups is 3. The zero-order valence-electron chi connectivity index (χ0n) is 16.2. The van der Waals surface area contributed by atoms with E-state index in [4.69, 9.17) is 0 Å². The predicted molar refractivity (Wildman–Crippen MR) is 110 cm³/mol. The fourth-order valence-electron chi connectivity index (χ4n) is 3.24. The van der Waals surface area contributed by atoms with Crippen LogP contribution in [-0.4, -0.2) is 24.3 Å². The van der Waals surface area contributed by atoms with Gasteiger partial charge in [0, 0.05) is 30.0 Å². The van der Waals surface area contributed by atoms with E-state index in [9.17, 15) is 14.4 Å². The van der Waals surface area contributed by atoms with Crippen LogP contribution in [-0.2, 0) is 20.8 Å². The highest BCUT2D eigenvalue weighted by molar-refractivity contribution is 6.43. The van der Waals surface area contributed by atoms with Crippen molar-refractivity contribution in [2.45, 2.75) is 39.5 Å². The van der Waals surface area contributed by atoms with E-state index in [1.54, 1.807) is 29.2 Å². The smallest absolute Gasteiger partial charge is 0.314 e. The largest absolute Gasteiger partial charge is 0.318 e. The Kier molecular flexibility index (Phi) is 6.09. The Morgan fingerprint density at radius 3 is 2.25 bits per heavy atom. The van der Waals surface area contributed by atoms with E-state index in [0.717, 1.165) is 36.1 Å². The molecule has 0 atom stereocenters. The lowest BCUT2D eigenvalue weighted by Crippen LogP contribution is -2.35. The molecule has 1 heterocycles. The second-order valence-corrected chi connectivity index (χ2v) is 6.96. The third-order valence-electron chi connectivity index (χ3n) is 4.91. The number of anilines is 3. The number of carbonyl (C=O) groups excluding carboxylic acids is 3. The summed E-state index contributed by atoms with van der Waals surface area (Å²) in [4.78, 5) is 38.4. The van der Waals surface area contributed by atoms with E-state index in [0.29, 0.717) is 24.3 Å². The molecule has 1 aliphatic heterocycles. The van der Waals surface area contributed by atoms with Crippen LogP contribution in [0.25, 0.3) is 0 Å². The number of nitrogens with one attached hydrogen (secondary N) is 2. The number of amides is 3. The molecule has 3 amide bonds. The summed E-state index contributed by atoms with van der Waals surface area (Å²) in [7, 11) is 0. The molecule has 0 bridgehead atoms. The number of aryl methyl sites for hydroxylation is 2. The molecular weight excluding hydrogens is 354 g/mol. The lowest BCUT2D eigenvalue weighted by molar-refractivity contribution is -0.132. The van der Waals surface area contributed by atoms with Gasteiger partial charge >= 0.3 is 11.8 Å². The molecule has 0 unspecified atom stereocenters. The first kappa shape index (κ1) is 19.6. The van der Waals surface area contributed by atoms with Crippen LogP contribution in [0.5, 0.6) is 0 Å². The summed E-state index contributed by atoms with van der Waals surface area (Å²) in [6.45, 7) is 4.65. The second kappa shape index (κ2) is 8.69. The van der Waals surface area contributed by atoms with Gasteiger partial charge in [-0.3, -0.25) is 14.4 Å². The number of piperidine rings is 1. The highest BCUT2D eigenvalue weighted by atomic mass is 16.2. The molecule has 1 aliphatic rings. The third-order valence-corrected chi connectivity index (χ3v) is 4.91. The first-order chi connectivity index (χ1) is 13.5. The maximum Gasteiger partial charge on any atom is 0.314 e. The molecule has 146 valence electrons. The molecule has 6 heteroatoms. The lowest BCUT2D eigenvalue weighted by atomic mass is 10.1. The molecule has 1 saturated heterocycles. The second-order valence-electron chi connectivity index (χ2n) is 6.96. The van der Waals surface area contributed by atoms with E-state index in [1.807, 2.05) is 32.0 Å². The highest BCUT2D eigenvalue weighted by Crippen LogP contribution is 2.27. The van der Waals surface area contributed by atoms with Crippen LogP contribution in [0.1, 0.15) is 37.3 Å². The van der Waals surface area contributed by atoms with Crippen molar-refractivity contribution in [2.75, 3.05) is 22.1 Å². The summed E-state index contributed by atoms with van der Waals surface area (Å²) in [6, 6.07) is 12.7. The molecule has 2 aromatic rings. The monoisotopic (exact) mass is 379 g/mol. The van der Waals surface area contributed by atoms with Crippen LogP contribution >= 0.6 is 0 Å². The fourth-order valence-corrected chi connectivity index (χ4v) is 3.24. The van der Waals surface area contributed by atoms with Crippen molar-refractivity contribution in [3.63, 3.8) is 0 Å². The molecule has 0 aromatic heterocycles. The molecule has 0 spiro atoms. The number of hydrogen-bond donors (Lipinski definition) is 2. The normalized spacial score (nSPS) is 13.9. The summed E-state index contributed by atoms with van der Waals surface area (Å²) >= 11 is 0. The summed E-state index contributed by atoms with van der Waals surface area (Å²) in [5, 5.41) is 5.21. The Bertz CT molecular complexity index is 890. The highest BCUT2D eigenvalue weighted by Gasteiger charge is 2.22. The molecule has 0 saturated carbocycles. The van der Waals surface area contributed by atoms with Gasteiger partial charge in [0.25, 0.3) is 0 Å². The van der Waals surface area contributed by atoms with E-state index in [2.05, 4.69) is 10.6 Å². The Morgan fingerprint density at radius 1 is 0.964 bits per heavy atom. The van der Waals surface area contributed by atoms with Gasteiger partial charge in [-0.05, 0) is 61.6 Å². The molecule has 3 rings (SSSR count). The first-order valence-corrected chi connectivity index (χ1v) is 9.60. The van der Waals surface area contributed by atoms with E-state index in [1.165, 1.54) is 0 Å². The van der Waals surface area contributed by atoms with Gasteiger partial charge in [-0.15, -0.1) is 0 Å². The zero-order valence-corrected chi connectivity index (χ0v) is 16.2. The lowest BCUT2D eigenvalue weighted by Gasteiger charge is -2.28. The molecule has 28 heavy (non-hydrogen) atoms. The van der Waals surface area contributed by atoms with Crippen LogP contribution in [0.4, 0.5) is 17.1 Å². The van der Waals surface area contributed by atoms with Gasteiger partial charge < -0.3 is 15.5 Å². The summed E-state index contributed by atoms with van der Waals surface area (Å²) in [5.74, 6) is -1.40. The van der Waals surface area contributed by atoms with Gasteiger partial charge in [0.1, 0.15) is 0 Å². The molecule has 2 N–H and O–H groups in total. The molecule has 1 fully saturated rings. The van der Waals surface area contributed by atoms with Gasteiger partial charge in [0.05, 0.1) is 0 Å². The number of nitrogens with zero attached hydrogens (tertiary/aromatic N) is 1. The zero-order chi connectivity index (χ0) is 20.1. The van der Waals surface area contributed by atoms with E-state index in [-0.39, 0.29) is 5.91 Å². The number of benzene rings is 2. The number of hydrogen-bond acceptors (Lipinski definition) is 3. The van der Waals surface area contributed by atoms with Crippen LogP contribution in [0, 0.1) is 6.92 Å². The van der Waals surface area contributed by atoms with Gasteiger partial charge in [0.2, 0.25) is 5.91 Å². The summed E-state index contributed by atoms with van der Waals surface area (Å²) in [5.41, 5.74) is 3.94. The first-order valence-electron chi connectivity index (χ1n) is 9.60. The SMILES string of the molecule is CCc1ccc(NC(=O)C(=O)Nc2ccc(C)c(N3CCCCC3=O)c2)cc1. The Morgan fingerprint density at radius 2 is 1.61 bits per heavy atom. The Balaban J connectivity index is 1.68.